The van der Waals surface area contributed by atoms with Crippen LogP contribution in [0.4, 0.5) is 0 Å². The molecular weight excluding hydrogens is 176 g/mol. The molecule has 1 amide bonds. The molecule has 1 aliphatic rings. The largest absolute Gasteiger partial charge is 0.329 e. The molecule has 0 heterocycles. The minimum absolute atomic E-state index is 0.170. The maximum atomic E-state index is 12.0. The highest BCUT2D eigenvalue weighted by molar-refractivity contribution is 5.79. The zero-order valence-electron chi connectivity index (χ0n) is 8.99. The number of nitrogens with zero attached hydrogens (tertiary/aromatic N) is 2. The smallest absolute Gasteiger partial charge is 0.226 e. The maximum absolute atomic E-state index is 12.0. The van der Waals surface area contributed by atoms with E-state index in [4.69, 9.17) is 5.26 Å². The van der Waals surface area contributed by atoms with Gasteiger partial charge in [0.15, 0.2) is 0 Å². The molecule has 14 heavy (non-hydrogen) atoms. The summed E-state index contributed by atoms with van der Waals surface area (Å²) in [6.07, 6.45) is 3.31. The number of hydrogen-bond acceptors (Lipinski definition) is 2. The van der Waals surface area contributed by atoms with Gasteiger partial charge in [0.05, 0.1) is 6.07 Å². The molecule has 0 aliphatic heterocycles. The fraction of sp³-hybridized carbons (Fsp3) is 0.818. The van der Waals surface area contributed by atoms with E-state index in [1.54, 1.807) is 4.90 Å². The van der Waals surface area contributed by atoms with E-state index >= 15 is 0 Å². The van der Waals surface area contributed by atoms with Crippen LogP contribution in [0.25, 0.3) is 0 Å². The number of hydrogen-bond donors (Lipinski definition) is 0. The van der Waals surface area contributed by atoms with Crippen LogP contribution in [-0.4, -0.2) is 23.9 Å². The summed E-state index contributed by atoms with van der Waals surface area (Å²) in [4.78, 5) is 13.6. The monoisotopic (exact) mass is 194 g/mol. The molecule has 0 N–H and O–H groups in total. The molecule has 0 radical (unpaired) electrons. The molecule has 1 aliphatic carbocycles. The van der Waals surface area contributed by atoms with Gasteiger partial charge in [-0.05, 0) is 25.7 Å². The molecule has 78 valence electrons. The Morgan fingerprint density at radius 3 is 2.71 bits per heavy atom. The Labute approximate surface area is 85.7 Å². The SMILES string of the molecule is CCN(CC#N)C(=O)C1CCCC1C. The second kappa shape index (κ2) is 4.99. The van der Waals surface area contributed by atoms with Gasteiger partial charge in [0.1, 0.15) is 6.54 Å². The molecule has 0 aromatic carbocycles. The zero-order chi connectivity index (χ0) is 10.6. The molecule has 1 rings (SSSR count). The van der Waals surface area contributed by atoms with E-state index in [-0.39, 0.29) is 18.4 Å². The minimum Gasteiger partial charge on any atom is -0.329 e. The van der Waals surface area contributed by atoms with Crippen LogP contribution >= 0.6 is 0 Å². The van der Waals surface area contributed by atoms with Crippen LogP contribution in [0.2, 0.25) is 0 Å². The first-order chi connectivity index (χ1) is 6.70. The van der Waals surface area contributed by atoms with Gasteiger partial charge in [-0.2, -0.15) is 5.26 Å². The Bertz CT molecular complexity index is 244. The summed E-state index contributed by atoms with van der Waals surface area (Å²) >= 11 is 0. The van der Waals surface area contributed by atoms with E-state index in [2.05, 4.69) is 6.92 Å². The molecule has 3 heteroatoms. The number of nitriles is 1. The van der Waals surface area contributed by atoms with Gasteiger partial charge in [-0.25, -0.2) is 0 Å². The van der Waals surface area contributed by atoms with Gasteiger partial charge < -0.3 is 4.90 Å². The summed E-state index contributed by atoms with van der Waals surface area (Å²) in [5.41, 5.74) is 0. The predicted octanol–water partition coefficient (Wildman–Crippen LogP) is 1.79. The van der Waals surface area contributed by atoms with E-state index in [9.17, 15) is 4.79 Å². The first-order valence-corrected chi connectivity index (χ1v) is 5.36. The van der Waals surface area contributed by atoms with Gasteiger partial charge in [-0.1, -0.05) is 13.3 Å². The molecule has 2 atom stereocenters. The van der Waals surface area contributed by atoms with Crippen LogP contribution in [-0.2, 0) is 4.79 Å². The molecule has 1 saturated carbocycles. The minimum atomic E-state index is 0.170. The van der Waals surface area contributed by atoms with Crippen LogP contribution in [0.3, 0.4) is 0 Å². The van der Waals surface area contributed by atoms with Crippen molar-refractivity contribution in [3.63, 3.8) is 0 Å². The summed E-state index contributed by atoms with van der Waals surface area (Å²) in [5, 5.41) is 8.58. The Morgan fingerprint density at radius 2 is 2.29 bits per heavy atom. The van der Waals surface area contributed by atoms with Crippen LogP contribution in [0.5, 0.6) is 0 Å². The van der Waals surface area contributed by atoms with Gasteiger partial charge in [0.2, 0.25) is 5.91 Å². The highest BCUT2D eigenvalue weighted by Gasteiger charge is 2.32. The maximum Gasteiger partial charge on any atom is 0.226 e. The van der Waals surface area contributed by atoms with Crippen LogP contribution in [0, 0.1) is 23.2 Å². The molecule has 3 nitrogen and oxygen atoms in total. The van der Waals surface area contributed by atoms with Crippen molar-refractivity contribution in [2.45, 2.75) is 33.1 Å². The zero-order valence-corrected chi connectivity index (χ0v) is 8.99. The van der Waals surface area contributed by atoms with Gasteiger partial charge >= 0.3 is 0 Å². The van der Waals surface area contributed by atoms with Crippen LogP contribution in [0.1, 0.15) is 33.1 Å². The standard InChI is InChI=1S/C11H18N2O/c1-3-13(8-7-12)11(14)10-6-4-5-9(10)2/h9-10H,3-6,8H2,1-2H3. The molecule has 0 spiro atoms. The fourth-order valence-corrected chi connectivity index (χ4v) is 2.18. The third-order valence-electron chi connectivity index (χ3n) is 3.13. The lowest BCUT2D eigenvalue weighted by Crippen LogP contribution is -2.37. The number of carbonyl (C=O) groups is 1. The number of carbonyl (C=O) groups excluding carboxylic acids is 1. The molecular formula is C11H18N2O. The lowest BCUT2D eigenvalue weighted by Gasteiger charge is -2.23. The highest BCUT2D eigenvalue weighted by Crippen LogP contribution is 2.32. The third kappa shape index (κ3) is 2.25. The van der Waals surface area contributed by atoms with Crippen molar-refractivity contribution in [1.82, 2.24) is 4.90 Å². The van der Waals surface area contributed by atoms with Crippen molar-refractivity contribution in [2.24, 2.45) is 11.8 Å². The molecule has 0 aromatic heterocycles. The topological polar surface area (TPSA) is 44.1 Å². The second-order valence-corrected chi connectivity index (χ2v) is 4.03. The summed E-state index contributed by atoms with van der Waals surface area (Å²) < 4.78 is 0. The molecule has 2 unspecified atom stereocenters. The van der Waals surface area contributed by atoms with Crippen molar-refractivity contribution in [3.05, 3.63) is 0 Å². The highest BCUT2D eigenvalue weighted by atomic mass is 16.2. The van der Waals surface area contributed by atoms with E-state index in [1.807, 2.05) is 13.0 Å². The third-order valence-corrected chi connectivity index (χ3v) is 3.13. The van der Waals surface area contributed by atoms with E-state index in [0.717, 1.165) is 19.3 Å². The quantitative estimate of drug-likeness (QED) is 0.643. The average molecular weight is 194 g/mol. The van der Waals surface area contributed by atoms with E-state index in [1.165, 1.54) is 0 Å². The van der Waals surface area contributed by atoms with Crippen molar-refractivity contribution < 1.29 is 4.79 Å². The van der Waals surface area contributed by atoms with Crippen molar-refractivity contribution in [2.75, 3.05) is 13.1 Å². The first-order valence-electron chi connectivity index (χ1n) is 5.36. The summed E-state index contributed by atoms with van der Waals surface area (Å²) in [6.45, 7) is 4.94. The van der Waals surface area contributed by atoms with Crippen molar-refractivity contribution in [1.29, 1.82) is 5.26 Å². The lowest BCUT2D eigenvalue weighted by atomic mass is 9.96. The summed E-state index contributed by atoms with van der Waals surface area (Å²) in [5.74, 6) is 0.845. The Balaban J connectivity index is 2.58. The molecule has 0 bridgehead atoms. The van der Waals surface area contributed by atoms with Gasteiger partial charge in [0.25, 0.3) is 0 Å². The lowest BCUT2D eigenvalue weighted by molar-refractivity contribution is -0.135. The fourth-order valence-electron chi connectivity index (χ4n) is 2.18. The Hall–Kier alpha value is -1.04. The van der Waals surface area contributed by atoms with Crippen LogP contribution < -0.4 is 0 Å². The van der Waals surface area contributed by atoms with Crippen molar-refractivity contribution >= 4 is 5.91 Å². The van der Waals surface area contributed by atoms with Gasteiger partial charge in [-0.15, -0.1) is 0 Å². The van der Waals surface area contributed by atoms with Gasteiger partial charge in [0, 0.05) is 12.5 Å². The Morgan fingerprint density at radius 1 is 1.57 bits per heavy atom. The Kier molecular flexibility index (Phi) is 3.94. The summed E-state index contributed by atoms with van der Waals surface area (Å²) in [6, 6.07) is 2.04. The molecule has 1 fully saturated rings. The van der Waals surface area contributed by atoms with Crippen LogP contribution in [0.15, 0.2) is 0 Å². The van der Waals surface area contributed by atoms with Crippen molar-refractivity contribution in [3.8, 4) is 6.07 Å². The van der Waals surface area contributed by atoms with E-state index < -0.39 is 0 Å². The first kappa shape index (κ1) is 11.0. The number of rotatable bonds is 3. The molecule has 0 aromatic rings. The normalized spacial score (nSPS) is 25.8. The molecule has 0 saturated heterocycles. The van der Waals surface area contributed by atoms with E-state index in [0.29, 0.717) is 12.5 Å². The predicted molar refractivity (Wildman–Crippen MR) is 54.4 cm³/mol. The van der Waals surface area contributed by atoms with Gasteiger partial charge in [-0.3, -0.25) is 4.79 Å². The summed E-state index contributed by atoms with van der Waals surface area (Å²) in [7, 11) is 0. The number of amides is 1. The average Bonchev–Trinajstić information content (AvgIpc) is 2.59. The second-order valence-electron chi connectivity index (χ2n) is 4.03.